The maximum atomic E-state index is 3.38. The fraction of sp³-hybridized carbons (Fsp3) is 0.214. The molecule has 0 bridgehead atoms. The molecule has 0 unspecified atom stereocenters. The molecule has 3 aromatic rings. The highest BCUT2D eigenvalue weighted by atomic mass is 127. The van der Waals surface area contributed by atoms with Crippen LogP contribution >= 0.6 is 45.2 Å². The molecule has 0 radical (unpaired) electrons. The van der Waals surface area contributed by atoms with Crippen molar-refractivity contribution in [2.45, 2.75) is 40.0 Å². The second kappa shape index (κ2) is 11.0. The summed E-state index contributed by atoms with van der Waals surface area (Å²) in [5.41, 5.74) is 8.12. The van der Waals surface area contributed by atoms with Crippen molar-refractivity contribution in [3.63, 3.8) is 0 Å². The second-order valence-electron chi connectivity index (χ2n) is 7.26. The number of rotatable bonds is 3. The van der Waals surface area contributed by atoms with E-state index in [1.165, 1.54) is 18.3 Å². The van der Waals surface area contributed by atoms with Gasteiger partial charge in [0.2, 0.25) is 0 Å². The topological polar surface area (TPSA) is 0 Å². The molecule has 0 heterocycles. The van der Waals surface area contributed by atoms with Crippen molar-refractivity contribution in [3.05, 3.63) is 101 Å². The van der Waals surface area contributed by atoms with Crippen LogP contribution in [0.2, 0.25) is 0 Å². The summed E-state index contributed by atoms with van der Waals surface area (Å²) in [6.45, 7) is 6.48. The van der Waals surface area contributed by atoms with Gasteiger partial charge < -0.3 is 0 Å². The standard InChI is InChI=1S/C28H24I2/c1-4-6-24-18-27(29)26(28(30)19-24)16-13-23-12-15-25(20(3)17-23)14-11-22-9-7-21(5-2)8-10-22/h7-10,12,15,17-19H,4-6H2,1-3H3. The zero-order valence-corrected chi connectivity index (χ0v) is 21.9. The van der Waals surface area contributed by atoms with Gasteiger partial charge in [-0.25, -0.2) is 0 Å². The molecule has 0 aliphatic heterocycles. The monoisotopic (exact) mass is 614 g/mol. The van der Waals surface area contributed by atoms with E-state index in [0.717, 1.165) is 47.1 Å². The van der Waals surface area contributed by atoms with Crippen LogP contribution in [0, 0.1) is 37.7 Å². The Morgan fingerprint density at radius 2 is 1.33 bits per heavy atom. The highest BCUT2D eigenvalue weighted by molar-refractivity contribution is 14.1. The number of halogens is 2. The molecule has 0 saturated carbocycles. The van der Waals surface area contributed by atoms with Crippen molar-refractivity contribution >= 4 is 45.2 Å². The number of hydrogen-bond donors (Lipinski definition) is 0. The maximum Gasteiger partial charge on any atom is 0.0516 e. The molecule has 0 N–H and O–H groups in total. The third-order valence-corrected chi connectivity index (χ3v) is 6.60. The van der Waals surface area contributed by atoms with Crippen molar-refractivity contribution in [3.8, 4) is 23.7 Å². The third kappa shape index (κ3) is 6.13. The van der Waals surface area contributed by atoms with Crippen molar-refractivity contribution < 1.29 is 0 Å². The van der Waals surface area contributed by atoms with E-state index >= 15 is 0 Å². The van der Waals surface area contributed by atoms with Gasteiger partial charge in [-0.15, -0.1) is 0 Å². The van der Waals surface area contributed by atoms with E-state index < -0.39 is 0 Å². The summed E-state index contributed by atoms with van der Waals surface area (Å²) in [6, 6.07) is 19.3. The van der Waals surface area contributed by atoms with Crippen molar-refractivity contribution in [2.75, 3.05) is 0 Å². The molecule has 0 nitrogen and oxygen atoms in total. The molecule has 0 spiro atoms. The molecular formula is C28H24I2. The molecule has 3 aromatic carbocycles. The first-order valence-corrected chi connectivity index (χ1v) is 12.4. The first-order valence-electron chi connectivity index (χ1n) is 10.2. The number of benzene rings is 3. The van der Waals surface area contributed by atoms with E-state index in [1.807, 2.05) is 0 Å². The largest absolute Gasteiger partial charge is 0.0651 e. The van der Waals surface area contributed by atoms with Gasteiger partial charge in [0.1, 0.15) is 0 Å². The fourth-order valence-electron chi connectivity index (χ4n) is 3.16. The smallest absolute Gasteiger partial charge is 0.0516 e. The Bertz CT molecular complexity index is 1140. The van der Waals surface area contributed by atoms with Crippen LogP contribution in [0.1, 0.15) is 59.2 Å². The normalized spacial score (nSPS) is 10.0. The summed E-state index contributed by atoms with van der Waals surface area (Å²) in [6.07, 6.45) is 3.33. The molecule has 0 atom stereocenters. The average Bonchev–Trinajstić information content (AvgIpc) is 2.73. The molecule has 2 heteroatoms. The summed E-state index contributed by atoms with van der Waals surface area (Å²) in [7, 11) is 0. The Morgan fingerprint density at radius 1 is 0.700 bits per heavy atom. The lowest BCUT2D eigenvalue weighted by atomic mass is 10.0. The Kier molecular flexibility index (Phi) is 8.42. The van der Waals surface area contributed by atoms with Gasteiger partial charge in [-0.2, -0.15) is 0 Å². The Labute approximate surface area is 208 Å². The molecule has 0 aliphatic carbocycles. The molecule has 30 heavy (non-hydrogen) atoms. The summed E-state index contributed by atoms with van der Waals surface area (Å²) in [5, 5.41) is 0. The van der Waals surface area contributed by atoms with Gasteiger partial charge in [0.05, 0.1) is 5.56 Å². The predicted octanol–water partition coefficient (Wildman–Crippen LogP) is 7.52. The summed E-state index contributed by atoms with van der Waals surface area (Å²) in [5.74, 6) is 13.3. The lowest BCUT2D eigenvalue weighted by molar-refractivity contribution is 0.919. The second-order valence-corrected chi connectivity index (χ2v) is 9.59. The molecule has 3 rings (SSSR count). The van der Waals surface area contributed by atoms with E-state index in [2.05, 4.69) is 144 Å². The van der Waals surface area contributed by atoms with Crippen LogP contribution in [0.5, 0.6) is 0 Å². The van der Waals surface area contributed by atoms with E-state index in [1.54, 1.807) is 0 Å². The summed E-state index contributed by atoms with van der Waals surface area (Å²) in [4.78, 5) is 0. The van der Waals surface area contributed by atoms with Crippen LogP contribution in [0.25, 0.3) is 0 Å². The van der Waals surface area contributed by atoms with Gasteiger partial charge in [-0.3, -0.25) is 0 Å². The highest BCUT2D eigenvalue weighted by Crippen LogP contribution is 2.22. The summed E-state index contributed by atoms with van der Waals surface area (Å²) >= 11 is 4.80. The first kappa shape index (κ1) is 22.9. The number of hydrogen-bond acceptors (Lipinski definition) is 0. The minimum absolute atomic E-state index is 1.02. The predicted molar refractivity (Wildman–Crippen MR) is 145 cm³/mol. The molecule has 0 aliphatic rings. The van der Waals surface area contributed by atoms with E-state index in [9.17, 15) is 0 Å². The Hall–Kier alpha value is -1.76. The molecule has 0 fully saturated rings. The van der Waals surface area contributed by atoms with Gasteiger partial charge in [-0.1, -0.05) is 56.1 Å². The van der Waals surface area contributed by atoms with Crippen LogP contribution in [0.3, 0.4) is 0 Å². The zero-order valence-electron chi connectivity index (χ0n) is 17.6. The van der Waals surface area contributed by atoms with Gasteiger partial charge in [-0.05, 0) is 124 Å². The van der Waals surface area contributed by atoms with Crippen LogP contribution in [-0.2, 0) is 12.8 Å². The molecule has 150 valence electrons. The van der Waals surface area contributed by atoms with Crippen molar-refractivity contribution in [1.29, 1.82) is 0 Å². The van der Waals surface area contributed by atoms with E-state index in [-0.39, 0.29) is 0 Å². The van der Waals surface area contributed by atoms with Crippen molar-refractivity contribution in [1.82, 2.24) is 0 Å². The lowest BCUT2D eigenvalue weighted by Gasteiger charge is -2.05. The lowest BCUT2D eigenvalue weighted by Crippen LogP contribution is -1.93. The zero-order chi connectivity index (χ0) is 21.5. The Balaban J connectivity index is 1.81. The van der Waals surface area contributed by atoms with Crippen LogP contribution in [-0.4, -0.2) is 0 Å². The van der Waals surface area contributed by atoms with Gasteiger partial charge in [0, 0.05) is 23.8 Å². The van der Waals surface area contributed by atoms with Crippen molar-refractivity contribution in [2.24, 2.45) is 0 Å². The minimum Gasteiger partial charge on any atom is -0.0651 e. The minimum atomic E-state index is 1.02. The van der Waals surface area contributed by atoms with Gasteiger partial charge in [0.25, 0.3) is 0 Å². The van der Waals surface area contributed by atoms with Crippen LogP contribution < -0.4 is 0 Å². The van der Waals surface area contributed by atoms with E-state index in [0.29, 0.717) is 0 Å². The van der Waals surface area contributed by atoms with Gasteiger partial charge >= 0.3 is 0 Å². The van der Waals surface area contributed by atoms with Crippen LogP contribution in [0.4, 0.5) is 0 Å². The highest BCUT2D eigenvalue weighted by Gasteiger charge is 2.05. The SMILES string of the molecule is CCCc1cc(I)c(C#Cc2ccc(C#Cc3ccc(CC)cc3)c(C)c2)c(I)c1. The first-order chi connectivity index (χ1) is 14.5. The summed E-state index contributed by atoms with van der Waals surface area (Å²) < 4.78 is 2.45. The maximum absolute atomic E-state index is 3.38. The molecule has 0 aromatic heterocycles. The van der Waals surface area contributed by atoms with E-state index in [4.69, 9.17) is 0 Å². The fourth-order valence-corrected chi connectivity index (χ4v) is 5.32. The number of aryl methyl sites for hydroxylation is 3. The third-order valence-electron chi connectivity index (χ3n) is 4.90. The van der Waals surface area contributed by atoms with Crippen LogP contribution in [0.15, 0.2) is 54.6 Å². The molecule has 0 saturated heterocycles. The van der Waals surface area contributed by atoms with Gasteiger partial charge in [0.15, 0.2) is 0 Å². The molecule has 0 amide bonds. The average molecular weight is 614 g/mol. The quantitative estimate of drug-likeness (QED) is 0.212. The Morgan fingerprint density at radius 3 is 1.93 bits per heavy atom. The molecular weight excluding hydrogens is 590 g/mol.